The monoisotopic (exact) mass is 390 g/mol. The molecule has 1 heterocycles. The summed E-state index contributed by atoms with van der Waals surface area (Å²) in [6, 6.07) is 18.2. The van der Waals surface area contributed by atoms with Crippen molar-refractivity contribution in [3.8, 4) is 17.2 Å². The van der Waals surface area contributed by atoms with Crippen molar-refractivity contribution in [1.29, 1.82) is 0 Å². The van der Waals surface area contributed by atoms with Gasteiger partial charge in [0.05, 0.1) is 20.6 Å². The molecule has 0 unspecified atom stereocenters. The number of hydrogen-bond donors (Lipinski definition) is 0. The molecule has 1 aromatic heterocycles. The Morgan fingerprint density at radius 3 is 2.38 bits per heavy atom. The first-order valence-electron chi connectivity index (χ1n) is 9.90. The number of benzene rings is 2. The first-order valence-corrected chi connectivity index (χ1v) is 9.90. The molecular weight excluding hydrogens is 364 g/mol. The molecule has 5 heteroatoms. The van der Waals surface area contributed by atoms with Gasteiger partial charge in [-0.1, -0.05) is 12.1 Å². The van der Waals surface area contributed by atoms with Crippen LogP contribution in [0.25, 0.3) is 5.69 Å². The maximum atomic E-state index is 13.1. The highest BCUT2D eigenvalue weighted by Crippen LogP contribution is 2.32. The number of carbonyl (C=O) groups is 1. The summed E-state index contributed by atoms with van der Waals surface area (Å²) < 4.78 is 12.9. The van der Waals surface area contributed by atoms with Gasteiger partial charge >= 0.3 is 0 Å². The summed E-state index contributed by atoms with van der Waals surface area (Å²) in [5.41, 5.74) is 3.08. The zero-order valence-electron chi connectivity index (χ0n) is 16.9. The van der Waals surface area contributed by atoms with Crippen LogP contribution in [0.1, 0.15) is 24.0 Å². The van der Waals surface area contributed by atoms with E-state index in [4.69, 9.17) is 9.47 Å². The summed E-state index contributed by atoms with van der Waals surface area (Å²) in [7, 11) is 3.30. The molecule has 150 valence electrons. The fourth-order valence-electron chi connectivity index (χ4n) is 3.56. The molecule has 3 aromatic rings. The Morgan fingerprint density at radius 2 is 1.76 bits per heavy atom. The van der Waals surface area contributed by atoms with E-state index >= 15 is 0 Å². The Morgan fingerprint density at radius 1 is 1.03 bits per heavy atom. The lowest BCUT2D eigenvalue weighted by Crippen LogP contribution is -2.34. The van der Waals surface area contributed by atoms with Gasteiger partial charge in [-0.25, -0.2) is 0 Å². The highest BCUT2D eigenvalue weighted by molar-refractivity contribution is 5.79. The van der Waals surface area contributed by atoms with Crippen LogP contribution in [0.3, 0.4) is 0 Å². The van der Waals surface area contributed by atoms with E-state index in [1.165, 1.54) is 0 Å². The van der Waals surface area contributed by atoms with Crippen LogP contribution in [0, 0.1) is 0 Å². The van der Waals surface area contributed by atoms with Gasteiger partial charge in [0, 0.05) is 36.2 Å². The average Bonchev–Trinajstić information content (AvgIpc) is 3.44. The second-order valence-electron chi connectivity index (χ2n) is 7.36. The van der Waals surface area contributed by atoms with E-state index in [0.717, 1.165) is 41.2 Å². The molecule has 0 radical (unpaired) electrons. The third kappa shape index (κ3) is 4.45. The van der Waals surface area contributed by atoms with Gasteiger partial charge in [0.15, 0.2) is 0 Å². The Hall–Kier alpha value is -3.21. The van der Waals surface area contributed by atoms with Gasteiger partial charge in [0.1, 0.15) is 11.5 Å². The molecule has 1 amide bonds. The Bertz CT molecular complexity index is 960. The van der Waals surface area contributed by atoms with Crippen LogP contribution in [-0.4, -0.2) is 35.6 Å². The Labute approximate surface area is 171 Å². The molecule has 0 bridgehead atoms. The second-order valence-corrected chi connectivity index (χ2v) is 7.36. The quantitative estimate of drug-likeness (QED) is 0.578. The number of amides is 1. The summed E-state index contributed by atoms with van der Waals surface area (Å²) in [6.45, 7) is 0.533. The van der Waals surface area contributed by atoms with Crippen LogP contribution in [0.2, 0.25) is 0 Å². The van der Waals surface area contributed by atoms with Crippen molar-refractivity contribution in [1.82, 2.24) is 9.47 Å². The van der Waals surface area contributed by atoms with Crippen molar-refractivity contribution in [3.05, 3.63) is 78.1 Å². The van der Waals surface area contributed by atoms with Crippen LogP contribution >= 0.6 is 0 Å². The van der Waals surface area contributed by atoms with E-state index in [0.29, 0.717) is 19.0 Å². The van der Waals surface area contributed by atoms with Crippen LogP contribution < -0.4 is 9.47 Å². The van der Waals surface area contributed by atoms with Gasteiger partial charge in [-0.3, -0.25) is 4.79 Å². The molecule has 0 N–H and O–H groups in total. The van der Waals surface area contributed by atoms with Crippen molar-refractivity contribution in [2.24, 2.45) is 0 Å². The number of carbonyl (C=O) groups excluding carboxylic acids is 1. The second kappa shape index (κ2) is 8.43. The highest BCUT2D eigenvalue weighted by atomic mass is 16.5. The molecule has 0 atom stereocenters. The topological polar surface area (TPSA) is 43.7 Å². The molecule has 1 aliphatic rings. The van der Waals surface area contributed by atoms with Gasteiger partial charge in [0.25, 0.3) is 0 Å². The Balaban J connectivity index is 1.48. The minimum absolute atomic E-state index is 0.145. The number of rotatable bonds is 8. The molecule has 4 rings (SSSR count). The molecule has 1 saturated carbocycles. The fraction of sp³-hybridized carbons (Fsp3) is 0.292. The number of hydrogen-bond acceptors (Lipinski definition) is 3. The van der Waals surface area contributed by atoms with Crippen molar-refractivity contribution < 1.29 is 14.3 Å². The van der Waals surface area contributed by atoms with E-state index < -0.39 is 0 Å². The lowest BCUT2D eigenvalue weighted by molar-refractivity contribution is -0.131. The predicted molar refractivity (Wildman–Crippen MR) is 113 cm³/mol. The van der Waals surface area contributed by atoms with Gasteiger partial charge in [-0.15, -0.1) is 0 Å². The maximum absolute atomic E-state index is 13.1. The van der Waals surface area contributed by atoms with E-state index in [1.807, 2.05) is 59.8 Å². The molecule has 29 heavy (non-hydrogen) atoms. The van der Waals surface area contributed by atoms with Gasteiger partial charge in [-0.05, 0) is 60.9 Å². The average molecular weight is 390 g/mol. The first kappa shape index (κ1) is 19.1. The number of methoxy groups -OCH3 is 2. The Kier molecular flexibility index (Phi) is 5.56. The molecule has 0 aliphatic heterocycles. The summed E-state index contributed by atoms with van der Waals surface area (Å²) >= 11 is 0. The summed E-state index contributed by atoms with van der Waals surface area (Å²) in [4.78, 5) is 15.1. The van der Waals surface area contributed by atoms with Crippen molar-refractivity contribution >= 4 is 5.91 Å². The van der Waals surface area contributed by atoms with Gasteiger partial charge < -0.3 is 18.9 Å². The summed E-state index contributed by atoms with van der Waals surface area (Å²) in [6.07, 6.45) is 6.54. The number of ether oxygens (including phenoxy) is 2. The SMILES string of the molecule is COc1ccc(OC)c(CN(C(=O)Cc2ccc(-n3cccc3)cc2)C2CC2)c1. The standard InChI is InChI=1S/C24H26N2O3/c1-28-22-11-12-23(29-2)19(16-22)17-26(21-9-10-21)24(27)15-18-5-7-20(8-6-18)25-13-3-4-14-25/h3-8,11-14,16,21H,9-10,15,17H2,1-2H3. The van der Waals surface area contributed by atoms with E-state index in [1.54, 1.807) is 14.2 Å². The third-order valence-electron chi connectivity index (χ3n) is 5.33. The molecule has 1 aliphatic carbocycles. The van der Waals surface area contributed by atoms with Crippen molar-refractivity contribution in [2.45, 2.75) is 31.8 Å². The number of nitrogens with zero attached hydrogens (tertiary/aromatic N) is 2. The minimum Gasteiger partial charge on any atom is -0.497 e. The van der Waals surface area contributed by atoms with Gasteiger partial charge in [-0.2, -0.15) is 0 Å². The number of aromatic nitrogens is 1. The lowest BCUT2D eigenvalue weighted by Gasteiger charge is -2.24. The first-order chi connectivity index (χ1) is 14.2. The van der Waals surface area contributed by atoms with E-state index in [9.17, 15) is 4.79 Å². The normalized spacial score (nSPS) is 13.2. The van der Waals surface area contributed by atoms with Gasteiger partial charge in [0.2, 0.25) is 5.91 Å². The lowest BCUT2D eigenvalue weighted by atomic mass is 10.1. The molecular formula is C24H26N2O3. The smallest absolute Gasteiger partial charge is 0.227 e. The highest BCUT2D eigenvalue weighted by Gasteiger charge is 2.33. The zero-order valence-corrected chi connectivity index (χ0v) is 16.9. The minimum atomic E-state index is 0.145. The van der Waals surface area contributed by atoms with E-state index in [-0.39, 0.29) is 5.91 Å². The molecule has 0 spiro atoms. The third-order valence-corrected chi connectivity index (χ3v) is 5.33. The van der Waals surface area contributed by atoms with Crippen LogP contribution in [0.4, 0.5) is 0 Å². The molecule has 2 aromatic carbocycles. The largest absolute Gasteiger partial charge is 0.497 e. The van der Waals surface area contributed by atoms with Crippen LogP contribution in [-0.2, 0) is 17.8 Å². The molecule has 5 nitrogen and oxygen atoms in total. The molecule has 0 saturated heterocycles. The summed E-state index contributed by atoms with van der Waals surface area (Å²) in [5, 5.41) is 0. The maximum Gasteiger partial charge on any atom is 0.227 e. The van der Waals surface area contributed by atoms with Crippen LogP contribution in [0.5, 0.6) is 11.5 Å². The zero-order chi connectivity index (χ0) is 20.2. The molecule has 1 fully saturated rings. The van der Waals surface area contributed by atoms with Crippen molar-refractivity contribution in [3.63, 3.8) is 0 Å². The van der Waals surface area contributed by atoms with Crippen LogP contribution in [0.15, 0.2) is 67.0 Å². The summed E-state index contributed by atoms with van der Waals surface area (Å²) in [5.74, 6) is 1.69. The fourth-order valence-corrected chi connectivity index (χ4v) is 3.56. The predicted octanol–water partition coefficient (Wildman–Crippen LogP) is 4.23. The van der Waals surface area contributed by atoms with Crippen molar-refractivity contribution in [2.75, 3.05) is 14.2 Å². The van der Waals surface area contributed by atoms with E-state index in [2.05, 4.69) is 16.7 Å².